The zero-order valence-electron chi connectivity index (χ0n) is 15.4. The number of nitriles is 1. The second-order valence-corrected chi connectivity index (χ2v) is 10.3. The summed E-state index contributed by atoms with van der Waals surface area (Å²) < 4.78 is 26.8. The first-order chi connectivity index (χ1) is 13.4. The van der Waals surface area contributed by atoms with Crippen LogP contribution in [0.25, 0.3) is 0 Å². The van der Waals surface area contributed by atoms with Crippen molar-refractivity contribution in [2.45, 2.75) is 42.0 Å². The van der Waals surface area contributed by atoms with Gasteiger partial charge in [-0.15, -0.1) is 11.3 Å². The number of pyridine rings is 1. The van der Waals surface area contributed by atoms with Crippen molar-refractivity contribution in [3.63, 3.8) is 0 Å². The van der Waals surface area contributed by atoms with Crippen LogP contribution in [0.15, 0.2) is 33.6 Å². The lowest BCUT2D eigenvalue weighted by atomic mass is 10.1. The molecule has 2 aromatic rings. The molecule has 0 aromatic carbocycles. The molecule has 1 aliphatic rings. The molecule has 0 saturated carbocycles. The molecule has 0 N–H and O–H groups in total. The van der Waals surface area contributed by atoms with E-state index in [4.69, 9.17) is 0 Å². The number of Topliss-reactive ketones (excluding diaryl/α,β-unsaturated/α-hetero) is 1. The molecule has 0 radical (unpaired) electrons. The Hall–Kier alpha value is -1.80. The van der Waals surface area contributed by atoms with Crippen molar-refractivity contribution in [1.82, 2.24) is 14.3 Å². The average Bonchev–Trinajstić information content (AvgIpc) is 3.14. The summed E-state index contributed by atoms with van der Waals surface area (Å²) in [6.45, 7) is 2.90. The number of thiazole rings is 1. The van der Waals surface area contributed by atoms with E-state index < -0.39 is 15.9 Å². The van der Waals surface area contributed by atoms with Crippen molar-refractivity contribution in [3.8, 4) is 6.07 Å². The molecule has 1 fully saturated rings. The van der Waals surface area contributed by atoms with Crippen LogP contribution in [0.1, 0.15) is 35.9 Å². The van der Waals surface area contributed by atoms with E-state index in [0.29, 0.717) is 23.1 Å². The van der Waals surface area contributed by atoms with Crippen LogP contribution in [0.2, 0.25) is 0 Å². The van der Waals surface area contributed by atoms with Crippen LogP contribution < -0.4 is 0 Å². The van der Waals surface area contributed by atoms with Crippen molar-refractivity contribution in [2.24, 2.45) is 0 Å². The minimum Gasteiger partial charge on any atom is -0.297 e. The lowest BCUT2D eigenvalue weighted by Crippen LogP contribution is -2.35. The SMILES string of the molecule is Cc1csc(C(C#N)C(=O)CSc2ccc(S(=O)(=O)N3CCCCC3)cn2)n1. The van der Waals surface area contributed by atoms with Gasteiger partial charge in [-0.3, -0.25) is 4.79 Å². The Morgan fingerprint density at radius 3 is 2.68 bits per heavy atom. The topological polar surface area (TPSA) is 104 Å². The van der Waals surface area contributed by atoms with Crippen LogP contribution in [-0.2, 0) is 14.8 Å². The molecule has 7 nitrogen and oxygen atoms in total. The van der Waals surface area contributed by atoms with Gasteiger partial charge in [-0.2, -0.15) is 9.57 Å². The number of piperidine rings is 1. The highest BCUT2D eigenvalue weighted by atomic mass is 32.2. The number of thioether (sulfide) groups is 1. The monoisotopic (exact) mass is 436 g/mol. The van der Waals surface area contributed by atoms with Gasteiger partial charge in [0.2, 0.25) is 10.0 Å². The van der Waals surface area contributed by atoms with Gasteiger partial charge in [0, 0.05) is 30.4 Å². The molecule has 0 spiro atoms. The third kappa shape index (κ3) is 4.78. The Labute approximate surface area is 172 Å². The molecule has 2 aromatic heterocycles. The zero-order chi connectivity index (χ0) is 20.1. The number of aryl methyl sites for hydroxylation is 1. The van der Waals surface area contributed by atoms with Crippen LogP contribution in [-0.4, -0.2) is 47.3 Å². The summed E-state index contributed by atoms with van der Waals surface area (Å²) in [6.07, 6.45) is 4.14. The zero-order valence-corrected chi connectivity index (χ0v) is 17.8. The normalized spacial score (nSPS) is 16.4. The van der Waals surface area contributed by atoms with E-state index in [0.717, 1.165) is 25.0 Å². The number of aromatic nitrogens is 2. The second-order valence-electron chi connectivity index (χ2n) is 6.44. The molecule has 0 aliphatic carbocycles. The summed E-state index contributed by atoms with van der Waals surface area (Å²) in [5.74, 6) is -1.05. The highest BCUT2D eigenvalue weighted by molar-refractivity contribution is 7.99. The van der Waals surface area contributed by atoms with Gasteiger partial charge in [0.1, 0.15) is 9.90 Å². The molecule has 148 valence electrons. The highest BCUT2D eigenvalue weighted by Crippen LogP contribution is 2.25. The lowest BCUT2D eigenvalue weighted by molar-refractivity contribution is -0.116. The number of hydrogen-bond donors (Lipinski definition) is 0. The molecule has 0 amide bonds. The summed E-state index contributed by atoms with van der Waals surface area (Å²) in [5, 5.41) is 12.2. The van der Waals surface area contributed by atoms with E-state index in [2.05, 4.69) is 9.97 Å². The summed E-state index contributed by atoms with van der Waals surface area (Å²) in [5.41, 5.74) is 0.785. The van der Waals surface area contributed by atoms with Gasteiger partial charge in [-0.1, -0.05) is 18.2 Å². The molecule has 10 heteroatoms. The number of carbonyl (C=O) groups is 1. The molecule has 1 unspecified atom stereocenters. The van der Waals surface area contributed by atoms with Crippen molar-refractivity contribution in [1.29, 1.82) is 5.26 Å². The molecule has 0 bridgehead atoms. The molecule has 1 aliphatic heterocycles. The maximum absolute atomic E-state index is 12.6. The molecule has 3 rings (SSSR count). The fraction of sp³-hybridized carbons (Fsp3) is 0.444. The van der Waals surface area contributed by atoms with E-state index in [-0.39, 0.29) is 16.4 Å². The fourth-order valence-electron chi connectivity index (χ4n) is 2.86. The fourth-order valence-corrected chi connectivity index (χ4v) is 5.93. The van der Waals surface area contributed by atoms with Crippen LogP contribution in [0, 0.1) is 18.3 Å². The maximum atomic E-state index is 12.6. The first-order valence-corrected chi connectivity index (χ1v) is 12.2. The minimum absolute atomic E-state index is 0.0715. The van der Waals surface area contributed by atoms with Crippen molar-refractivity contribution in [2.75, 3.05) is 18.8 Å². The molecule has 1 saturated heterocycles. The Morgan fingerprint density at radius 1 is 1.36 bits per heavy atom. The summed E-state index contributed by atoms with van der Waals surface area (Å²) >= 11 is 2.48. The van der Waals surface area contributed by atoms with Gasteiger partial charge in [0.15, 0.2) is 11.7 Å². The summed E-state index contributed by atoms with van der Waals surface area (Å²) in [6, 6.07) is 5.14. The average molecular weight is 437 g/mol. The first-order valence-electron chi connectivity index (χ1n) is 8.85. The standard InChI is InChI=1S/C18H20N4O3S3/c1-13-11-27-18(21-13)15(9-19)16(23)12-26-17-6-5-14(10-20-17)28(24,25)22-7-3-2-4-8-22/h5-6,10-11,15H,2-4,7-8,12H2,1H3. The largest absolute Gasteiger partial charge is 0.297 e. The Morgan fingerprint density at radius 2 is 2.11 bits per heavy atom. The number of sulfonamides is 1. The van der Waals surface area contributed by atoms with Crippen molar-refractivity contribution >= 4 is 38.9 Å². The number of carbonyl (C=O) groups excluding carboxylic acids is 1. The Balaban J connectivity index is 1.62. The van der Waals surface area contributed by atoms with Gasteiger partial charge < -0.3 is 0 Å². The van der Waals surface area contributed by atoms with Crippen LogP contribution in [0.5, 0.6) is 0 Å². The lowest BCUT2D eigenvalue weighted by Gasteiger charge is -2.25. The number of nitrogens with zero attached hydrogens (tertiary/aromatic N) is 4. The van der Waals surface area contributed by atoms with Crippen molar-refractivity contribution < 1.29 is 13.2 Å². The number of ketones is 1. The third-order valence-corrected chi connectivity index (χ3v) is 8.23. The van der Waals surface area contributed by atoms with Gasteiger partial charge in [0.05, 0.1) is 16.8 Å². The van der Waals surface area contributed by atoms with Gasteiger partial charge >= 0.3 is 0 Å². The second kappa shape index (κ2) is 9.13. The van der Waals surface area contributed by atoms with Crippen LogP contribution in [0.3, 0.4) is 0 Å². The third-order valence-electron chi connectivity index (χ3n) is 4.36. The Kier molecular flexibility index (Phi) is 6.82. The van der Waals surface area contributed by atoms with E-state index in [1.54, 1.807) is 6.07 Å². The van der Waals surface area contributed by atoms with E-state index in [9.17, 15) is 18.5 Å². The smallest absolute Gasteiger partial charge is 0.244 e. The van der Waals surface area contributed by atoms with Crippen LogP contribution >= 0.6 is 23.1 Å². The molecule has 1 atom stereocenters. The van der Waals surface area contributed by atoms with Gasteiger partial charge in [-0.05, 0) is 31.9 Å². The van der Waals surface area contributed by atoms with Crippen LogP contribution in [0.4, 0.5) is 0 Å². The molecule has 3 heterocycles. The highest BCUT2D eigenvalue weighted by Gasteiger charge is 2.26. The quantitative estimate of drug-likeness (QED) is 0.615. The maximum Gasteiger partial charge on any atom is 0.244 e. The van der Waals surface area contributed by atoms with E-state index >= 15 is 0 Å². The number of rotatable bonds is 7. The van der Waals surface area contributed by atoms with Crippen molar-refractivity contribution in [3.05, 3.63) is 34.4 Å². The van der Waals surface area contributed by atoms with Gasteiger partial charge in [-0.25, -0.2) is 18.4 Å². The van der Waals surface area contributed by atoms with E-state index in [1.807, 2.05) is 18.4 Å². The predicted octanol–water partition coefficient (Wildman–Crippen LogP) is 2.99. The summed E-state index contributed by atoms with van der Waals surface area (Å²) in [4.78, 5) is 21.0. The Bertz CT molecular complexity index is 974. The molecular weight excluding hydrogens is 416 g/mol. The number of hydrogen-bond acceptors (Lipinski definition) is 8. The molecular formula is C18H20N4O3S3. The van der Waals surface area contributed by atoms with Gasteiger partial charge in [0.25, 0.3) is 0 Å². The van der Waals surface area contributed by atoms with E-state index in [1.165, 1.54) is 39.7 Å². The minimum atomic E-state index is -3.52. The molecule has 28 heavy (non-hydrogen) atoms. The predicted molar refractivity (Wildman–Crippen MR) is 108 cm³/mol. The summed E-state index contributed by atoms with van der Waals surface area (Å²) in [7, 11) is -3.52. The first kappa shape index (κ1) is 20.9.